The molecule has 0 amide bonds. The van der Waals surface area contributed by atoms with Crippen LogP contribution in [0.1, 0.15) is 5.56 Å². The quantitative estimate of drug-likeness (QED) is 0.620. The van der Waals surface area contributed by atoms with Gasteiger partial charge in [0, 0.05) is 6.08 Å². The summed E-state index contributed by atoms with van der Waals surface area (Å²) < 4.78 is 55.0. The van der Waals surface area contributed by atoms with E-state index < -0.39 is 15.9 Å². The van der Waals surface area contributed by atoms with Crippen LogP contribution in [0.3, 0.4) is 0 Å². The molecule has 2 aromatic carbocycles. The first-order chi connectivity index (χ1) is 12.5. The van der Waals surface area contributed by atoms with Gasteiger partial charge in [-0.2, -0.15) is 8.78 Å². The van der Waals surface area contributed by atoms with Crippen LogP contribution >= 0.6 is 0 Å². The molecule has 132 valence electrons. The number of hydrogen-bond acceptors (Lipinski definition) is 5. The molecule has 26 heavy (non-hydrogen) atoms. The number of nitrogens with zero attached hydrogens (tertiary/aromatic N) is 2. The summed E-state index contributed by atoms with van der Waals surface area (Å²) in [4.78, 5) is 0.101. The van der Waals surface area contributed by atoms with Gasteiger partial charge < -0.3 is 4.42 Å². The highest BCUT2D eigenvalue weighted by Gasteiger charge is 2.23. The van der Waals surface area contributed by atoms with Crippen LogP contribution in [0.2, 0.25) is 0 Å². The fraction of sp³-hybridized carbons (Fsp3) is 0. The van der Waals surface area contributed by atoms with Gasteiger partial charge in [-0.1, -0.05) is 36.4 Å². The highest BCUT2D eigenvalue weighted by atomic mass is 32.2. The third-order valence-corrected chi connectivity index (χ3v) is 5.30. The van der Waals surface area contributed by atoms with Crippen LogP contribution in [0.15, 0.2) is 87.4 Å². The monoisotopic (exact) mass is 374 g/mol. The van der Waals surface area contributed by atoms with Crippen LogP contribution in [-0.2, 0) is 9.84 Å². The Balaban J connectivity index is 1.97. The van der Waals surface area contributed by atoms with Gasteiger partial charge in [-0.3, -0.25) is 0 Å². The molecule has 0 saturated carbocycles. The molecule has 1 heterocycles. The van der Waals surface area contributed by atoms with Gasteiger partial charge in [-0.25, -0.2) is 8.42 Å². The van der Waals surface area contributed by atoms with Crippen molar-refractivity contribution in [3.05, 3.63) is 78.7 Å². The lowest BCUT2D eigenvalue weighted by Gasteiger charge is -2.08. The first-order valence-corrected chi connectivity index (χ1v) is 8.87. The predicted molar refractivity (Wildman–Crippen MR) is 91.0 cm³/mol. The number of allylic oxidation sites excluding steroid dienone is 2. The molecule has 0 radical (unpaired) electrons. The Bertz CT molecular complexity index is 1050. The molecule has 0 saturated heterocycles. The molecule has 3 rings (SSSR count). The number of benzene rings is 2. The molecule has 3 aromatic rings. The second-order valence-electron chi connectivity index (χ2n) is 5.13. The van der Waals surface area contributed by atoms with Gasteiger partial charge in [0.05, 0.1) is 15.4 Å². The van der Waals surface area contributed by atoms with Gasteiger partial charge in [0.15, 0.2) is 0 Å². The standard InChI is InChI=1S/C18H12F2N2O3S/c19-17(20)7-3-4-13-8-10-14(11-9-13)26(23,24)16-6-2-1-5-15(16)18-22-21-12-25-18/h1-12H/b4-3+. The Kier molecular flexibility index (Phi) is 5.04. The lowest BCUT2D eigenvalue weighted by molar-refractivity contribution is 0.422. The molecule has 0 N–H and O–H groups in total. The molecule has 0 aliphatic carbocycles. The summed E-state index contributed by atoms with van der Waals surface area (Å²) in [5.74, 6) is 0.101. The van der Waals surface area contributed by atoms with E-state index in [2.05, 4.69) is 10.2 Å². The number of hydrogen-bond donors (Lipinski definition) is 0. The van der Waals surface area contributed by atoms with Gasteiger partial charge in [0.2, 0.25) is 22.1 Å². The molecule has 0 unspecified atom stereocenters. The Morgan fingerprint density at radius 3 is 2.42 bits per heavy atom. The third kappa shape index (κ3) is 3.75. The SMILES string of the molecule is O=S(=O)(c1ccc(/C=C/C=C(F)F)cc1)c1ccccc1-c1nnco1. The molecular formula is C18H12F2N2O3S. The molecule has 0 aliphatic rings. The molecule has 0 spiro atoms. The zero-order valence-corrected chi connectivity index (χ0v) is 14.0. The van der Waals surface area contributed by atoms with Crippen molar-refractivity contribution in [2.24, 2.45) is 0 Å². The Hall–Kier alpha value is -3.13. The minimum atomic E-state index is -3.83. The van der Waals surface area contributed by atoms with Gasteiger partial charge in [-0.15, -0.1) is 10.2 Å². The normalized spacial score (nSPS) is 11.6. The Labute approximate surface area is 148 Å². The van der Waals surface area contributed by atoms with Crippen molar-refractivity contribution in [2.75, 3.05) is 0 Å². The number of rotatable bonds is 5. The Morgan fingerprint density at radius 2 is 1.77 bits per heavy atom. The largest absolute Gasteiger partial charge is 0.423 e. The molecule has 1 aromatic heterocycles. The summed E-state index contributed by atoms with van der Waals surface area (Å²) >= 11 is 0. The van der Waals surface area contributed by atoms with Crippen molar-refractivity contribution >= 4 is 15.9 Å². The summed E-state index contributed by atoms with van der Waals surface area (Å²) in [5.41, 5.74) is 0.893. The highest BCUT2D eigenvalue weighted by Crippen LogP contribution is 2.30. The van der Waals surface area contributed by atoms with Crippen LogP contribution in [-0.4, -0.2) is 18.6 Å². The maximum Gasteiger partial charge on any atom is 0.270 e. The van der Waals surface area contributed by atoms with E-state index in [1.807, 2.05) is 0 Å². The van der Waals surface area contributed by atoms with E-state index >= 15 is 0 Å². The molecular weight excluding hydrogens is 362 g/mol. The van der Waals surface area contributed by atoms with Gasteiger partial charge in [0.1, 0.15) is 0 Å². The second-order valence-corrected chi connectivity index (χ2v) is 7.05. The van der Waals surface area contributed by atoms with E-state index in [1.54, 1.807) is 18.2 Å². The van der Waals surface area contributed by atoms with Gasteiger partial charge in [-0.05, 0) is 29.8 Å². The van der Waals surface area contributed by atoms with E-state index in [9.17, 15) is 17.2 Å². The van der Waals surface area contributed by atoms with Gasteiger partial charge in [0.25, 0.3) is 6.08 Å². The minimum Gasteiger partial charge on any atom is -0.423 e. The van der Waals surface area contributed by atoms with Crippen molar-refractivity contribution in [1.29, 1.82) is 0 Å². The minimum absolute atomic E-state index is 0.0370. The van der Waals surface area contributed by atoms with Crippen molar-refractivity contribution in [1.82, 2.24) is 10.2 Å². The zero-order chi connectivity index (χ0) is 18.6. The van der Waals surface area contributed by atoms with Crippen molar-refractivity contribution in [3.8, 4) is 11.5 Å². The Morgan fingerprint density at radius 1 is 1.04 bits per heavy atom. The predicted octanol–water partition coefficient (Wildman–Crippen LogP) is 4.36. The molecule has 0 fully saturated rings. The third-order valence-electron chi connectivity index (χ3n) is 3.47. The van der Waals surface area contributed by atoms with E-state index in [1.165, 1.54) is 42.5 Å². The topological polar surface area (TPSA) is 73.1 Å². The molecule has 5 nitrogen and oxygen atoms in total. The second kappa shape index (κ2) is 7.40. The van der Waals surface area contributed by atoms with Crippen LogP contribution in [0.25, 0.3) is 17.5 Å². The van der Waals surface area contributed by atoms with Crippen molar-refractivity contribution in [3.63, 3.8) is 0 Å². The summed E-state index contributed by atoms with van der Waals surface area (Å²) in [5, 5.41) is 7.33. The number of aromatic nitrogens is 2. The molecule has 0 atom stereocenters. The average molecular weight is 374 g/mol. The summed E-state index contributed by atoms with van der Waals surface area (Å²) in [6.07, 6.45) is 2.60. The zero-order valence-electron chi connectivity index (χ0n) is 13.2. The average Bonchev–Trinajstić information content (AvgIpc) is 3.16. The van der Waals surface area contributed by atoms with Crippen LogP contribution in [0, 0.1) is 0 Å². The molecule has 8 heteroatoms. The van der Waals surface area contributed by atoms with Crippen LogP contribution < -0.4 is 0 Å². The van der Waals surface area contributed by atoms with E-state index in [4.69, 9.17) is 4.42 Å². The fourth-order valence-electron chi connectivity index (χ4n) is 2.29. The first-order valence-electron chi connectivity index (χ1n) is 7.38. The van der Waals surface area contributed by atoms with E-state index in [0.29, 0.717) is 17.2 Å². The lowest BCUT2D eigenvalue weighted by atomic mass is 10.2. The van der Waals surface area contributed by atoms with Crippen molar-refractivity contribution in [2.45, 2.75) is 9.79 Å². The van der Waals surface area contributed by atoms with Crippen LogP contribution in [0.5, 0.6) is 0 Å². The van der Waals surface area contributed by atoms with E-state index in [-0.39, 0.29) is 15.7 Å². The van der Waals surface area contributed by atoms with E-state index in [0.717, 1.165) is 6.39 Å². The lowest BCUT2D eigenvalue weighted by Crippen LogP contribution is -2.04. The smallest absolute Gasteiger partial charge is 0.270 e. The molecule has 0 aliphatic heterocycles. The number of sulfone groups is 1. The summed E-state index contributed by atoms with van der Waals surface area (Å²) in [6.45, 7) is 0. The molecule has 0 bridgehead atoms. The first kappa shape index (κ1) is 17.7. The summed E-state index contributed by atoms with van der Waals surface area (Å²) in [6, 6.07) is 12.2. The maximum atomic E-state index is 12.9. The fourth-order valence-corrected chi connectivity index (χ4v) is 3.74. The highest BCUT2D eigenvalue weighted by molar-refractivity contribution is 7.91. The van der Waals surface area contributed by atoms with Crippen molar-refractivity contribution < 1.29 is 21.6 Å². The summed E-state index contributed by atoms with van der Waals surface area (Å²) in [7, 11) is -3.83. The van der Waals surface area contributed by atoms with Crippen LogP contribution in [0.4, 0.5) is 8.78 Å². The maximum absolute atomic E-state index is 12.9. The van der Waals surface area contributed by atoms with Gasteiger partial charge >= 0.3 is 0 Å². The number of halogens is 2.